The quantitative estimate of drug-likeness (QED) is 0.747. The minimum atomic E-state index is 0.147. The van der Waals surface area contributed by atoms with Crippen molar-refractivity contribution in [1.29, 1.82) is 0 Å². The molecule has 0 bridgehead atoms. The first kappa shape index (κ1) is 15.5. The van der Waals surface area contributed by atoms with Crippen molar-refractivity contribution in [3.63, 3.8) is 0 Å². The molecule has 20 heavy (non-hydrogen) atoms. The minimum absolute atomic E-state index is 0.147. The third kappa shape index (κ3) is 4.32. The van der Waals surface area contributed by atoms with E-state index in [-0.39, 0.29) is 5.54 Å². The monoisotopic (exact) mass is 274 g/mol. The molecule has 0 radical (unpaired) electrons. The van der Waals surface area contributed by atoms with Gasteiger partial charge >= 0.3 is 0 Å². The van der Waals surface area contributed by atoms with Crippen molar-refractivity contribution < 1.29 is 0 Å². The highest BCUT2D eigenvalue weighted by Crippen LogP contribution is 2.33. The third-order valence-electron chi connectivity index (χ3n) is 4.67. The van der Waals surface area contributed by atoms with Crippen LogP contribution in [0.25, 0.3) is 0 Å². The molecule has 2 rings (SSSR count). The minimum Gasteiger partial charge on any atom is -0.329 e. The van der Waals surface area contributed by atoms with Gasteiger partial charge in [-0.1, -0.05) is 37.3 Å². The molecule has 2 heteroatoms. The first-order chi connectivity index (χ1) is 9.68. The molecule has 1 aliphatic carbocycles. The molecule has 1 saturated carbocycles. The summed E-state index contributed by atoms with van der Waals surface area (Å²) in [6, 6.07) is 10.8. The Balaban J connectivity index is 1.97. The van der Waals surface area contributed by atoms with E-state index < -0.39 is 0 Å². The van der Waals surface area contributed by atoms with Gasteiger partial charge in [0, 0.05) is 18.6 Å². The van der Waals surface area contributed by atoms with E-state index in [0.717, 1.165) is 25.3 Å². The molecule has 2 nitrogen and oxygen atoms in total. The number of nitrogens with two attached hydrogens (primary N) is 1. The van der Waals surface area contributed by atoms with Crippen molar-refractivity contribution in [1.82, 2.24) is 4.90 Å². The molecule has 0 aromatic heterocycles. The lowest BCUT2D eigenvalue weighted by molar-refractivity contribution is 0.0955. The predicted molar refractivity (Wildman–Crippen MR) is 86.8 cm³/mol. The highest BCUT2D eigenvalue weighted by molar-refractivity contribution is 5.15. The smallest absolute Gasteiger partial charge is 0.0306 e. The van der Waals surface area contributed by atoms with Crippen LogP contribution >= 0.6 is 0 Å². The second-order valence-corrected chi connectivity index (χ2v) is 6.58. The van der Waals surface area contributed by atoms with Crippen molar-refractivity contribution in [2.24, 2.45) is 11.7 Å². The predicted octanol–water partition coefficient (Wildman–Crippen LogP) is 3.46. The summed E-state index contributed by atoms with van der Waals surface area (Å²) in [7, 11) is 0. The van der Waals surface area contributed by atoms with Crippen molar-refractivity contribution >= 4 is 0 Å². The van der Waals surface area contributed by atoms with Crippen molar-refractivity contribution in [3.05, 3.63) is 35.9 Å². The Kier molecular flexibility index (Phi) is 5.62. The molecule has 1 aromatic rings. The van der Waals surface area contributed by atoms with Crippen LogP contribution in [0.4, 0.5) is 0 Å². The van der Waals surface area contributed by atoms with Crippen LogP contribution in [-0.2, 0) is 6.42 Å². The third-order valence-corrected chi connectivity index (χ3v) is 4.67. The molecule has 0 saturated heterocycles. The molecule has 1 unspecified atom stereocenters. The molecule has 1 aliphatic rings. The van der Waals surface area contributed by atoms with Gasteiger partial charge in [-0.05, 0) is 57.1 Å². The van der Waals surface area contributed by atoms with Gasteiger partial charge in [0.25, 0.3) is 0 Å². The molecule has 112 valence electrons. The van der Waals surface area contributed by atoms with E-state index in [4.69, 9.17) is 5.73 Å². The van der Waals surface area contributed by atoms with Crippen LogP contribution in [0.2, 0.25) is 0 Å². The molecule has 0 spiro atoms. The summed E-state index contributed by atoms with van der Waals surface area (Å²) in [6.07, 6.45) is 6.33. The van der Waals surface area contributed by atoms with E-state index in [1.54, 1.807) is 0 Å². The Morgan fingerprint density at radius 1 is 1.25 bits per heavy atom. The summed E-state index contributed by atoms with van der Waals surface area (Å²) in [5.74, 6) is 0.934. The van der Waals surface area contributed by atoms with Crippen LogP contribution in [-0.4, -0.2) is 30.1 Å². The van der Waals surface area contributed by atoms with Crippen molar-refractivity contribution in [2.45, 2.75) is 51.5 Å². The number of hydrogen-bond acceptors (Lipinski definition) is 2. The van der Waals surface area contributed by atoms with Crippen molar-refractivity contribution in [2.75, 3.05) is 19.6 Å². The van der Waals surface area contributed by atoms with Gasteiger partial charge in [0.1, 0.15) is 0 Å². The molecular weight excluding hydrogens is 244 g/mol. The largest absolute Gasteiger partial charge is 0.329 e. The molecule has 0 aliphatic heterocycles. The molecule has 1 aromatic carbocycles. The SMILES string of the molecule is CCCN(CC1CC1)C(C)(CN)CCc1ccccc1. The lowest BCUT2D eigenvalue weighted by atomic mass is 9.90. The van der Waals surface area contributed by atoms with Gasteiger partial charge in [-0.2, -0.15) is 0 Å². The zero-order valence-corrected chi connectivity index (χ0v) is 13.1. The zero-order chi connectivity index (χ0) is 14.4. The lowest BCUT2D eigenvalue weighted by Crippen LogP contribution is -2.53. The fourth-order valence-corrected chi connectivity index (χ4v) is 2.91. The van der Waals surface area contributed by atoms with Crippen LogP contribution in [0.3, 0.4) is 0 Å². The second kappa shape index (κ2) is 7.24. The number of hydrogen-bond donors (Lipinski definition) is 1. The van der Waals surface area contributed by atoms with Crippen LogP contribution in [0.15, 0.2) is 30.3 Å². The zero-order valence-electron chi connectivity index (χ0n) is 13.1. The number of benzene rings is 1. The Morgan fingerprint density at radius 2 is 1.95 bits per heavy atom. The van der Waals surface area contributed by atoms with E-state index in [1.807, 2.05) is 0 Å². The highest BCUT2D eigenvalue weighted by Gasteiger charge is 2.34. The standard InChI is InChI=1S/C18H30N2/c1-3-13-20(14-17-9-10-17)18(2,15-19)12-11-16-7-5-4-6-8-16/h4-8,17H,3,9-15,19H2,1-2H3. The normalized spacial score (nSPS) is 18.2. The average molecular weight is 274 g/mol. The highest BCUT2D eigenvalue weighted by atomic mass is 15.2. The van der Waals surface area contributed by atoms with Gasteiger partial charge in [-0.25, -0.2) is 0 Å². The summed E-state index contributed by atoms with van der Waals surface area (Å²) >= 11 is 0. The lowest BCUT2D eigenvalue weighted by Gasteiger charge is -2.41. The Labute approximate surface area is 124 Å². The van der Waals surface area contributed by atoms with E-state index in [1.165, 1.54) is 37.9 Å². The summed E-state index contributed by atoms with van der Waals surface area (Å²) in [6.45, 7) is 7.81. The van der Waals surface area contributed by atoms with Crippen molar-refractivity contribution in [3.8, 4) is 0 Å². The summed E-state index contributed by atoms with van der Waals surface area (Å²) in [5, 5.41) is 0. The van der Waals surface area contributed by atoms with Gasteiger partial charge in [-0.15, -0.1) is 0 Å². The molecular formula is C18H30N2. The Morgan fingerprint density at radius 3 is 2.50 bits per heavy atom. The molecule has 1 atom stereocenters. The van der Waals surface area contributed by atoms with E-state index in [2.05, 4.69) is 49.1 Å². The van der Waals surface area contributed by atoms with Gasteiger partial charge < -0.3 is 5.73 Å². The molecule has 2 N–H and O–H groups in total. The Hall–Kier alpha value is -0.860. The first-order valence-electron chi connectivity index (χ1n) is 8.17. The molecule has 0 amide bonds. The van der Waals surface area contributed by atoms with Crippen LogP contribution in [0.1, 0.15) is 45.1 Å². The number of nitrogens with zero attached hydrogens (tertiary/aromatic N) is 1. The van der Waals surface area contributed by atoms with Crippen LogP contribution < -0.4 is 5.73 Å². The van der Waals surface area contributed by atoms with Gasteiger partial charge in [0.2, 0.25) is 0 Å². The summed E-state index contributed by atoms with van der Waals surface area (Å²) in [4.78, 5) is 2.66. The van der Waals surface area contributed by atoms with Gasteiger partial charge in [0.15, 0.2) is 0 Å². The molecule has 0 heterocycles. The van der Waals surface area contributed by atoms with Gasteiger partial charge in [-0.3, -0.25) is 4.90 Å². The summed E-state index contributed by atoms with van der Waals surface area (Å²) in [5.41, 5.74) is 7.73. The average Bonchev–Trinajstić information content (AvgIpc) is 3.29. The van der Waals surface area contributed by atoms with E-state index in [0.29, 0.717) is 0 Å². The summed E-state index contributed by atoms with van der Waals surface area (Å²) < 4.78 is 0. The number of rotatable bonds is 9. The fourth-order valence-electron chi connectivity index (χ4n) is 2.91. The maximum atomic E-state index is 6.16. The van der Waals surface area contributed by atoms with Crippen LogP contribution in [0.5, 0.6) is 0 Å². The maximum Gasteiger partial charge on any atom is 0.0306 e. The maximum absolute atomic E-state index is 6.16. The Bertz CT molecular complexity index is 386. The van der Waals surface area contributed by atoms with E-state index in [9.17, 15) is 0 Å². The first-order valence-corrected chi connectivity index (χ1v) is 8.17. The topological polar surface area (TPSA) is 29.3 Å². The number of aryl methyl sites for hydroxylation is 1. The fraction of sp³-hybridized carbons (Fsp3) is 0.667. The van der Waals surface area contributed by atoms with Crippen LogP contribution in [0, 0.1) is 5.92 Å². The second-order valence-electron chi connectivity index (χ2n) is 6.58. The van der Waals surface area contributed by atoms with Gasteiger partial charge in [0.05, 0.1) is 0 Å². The molecule has 1 fully saturated rings. The van der Waals surface area contributed by atoms with E-state index >= 15 is 0 Å².